The van der Waals surface area contributed by atoms with Crippen molar-refractivity contribution in [2.24, 2.45) is 5.92 Å². The number of fused-ring (bicyclic) bond motifs is 1. The summed E-state index contributed by atoms with van der Waals surface area (Å²) in [6.07, 6.45) is 3.10. The van der Waals surface area contributed by atoms with E-state index in [1.807, 2.05) is 0 Å². The predicted molar refractivity (Wildman–Crippen MR) is 71.6 cm³/mol. The number of carboxylic acid groups (broad SMARTS) is 1. The Hall–Kier alpha value is -2.04. The molecular formula is C14H16N2O3. The number of hydrogen-bond acceptors (Lipinski definition) is 2. The van der Waals surface area contributed by atoms with Crippen LogP contribution in [-0.4, -0.2) is 20.6 Å². The van der Waals surface area contributed by atoms with Crippen molar-refractivity contribution in [3.63, 3.8) is 0 Å². The first-order valence-corrected chi connectivity index (χ1v) is 6.56. The Morgan fingerprint density at radius 1 is 1.42 bits per heavy atom. The lowest BCUT2D eigenvalue weighted by atomic mass is 10.1. The molecule has 1 aromatic carbocycles. The van der Waals surface area contributed by atoms with Gasteiger partial charge in [-0.25, -0.2) is 9.59 Å². The first kappa shape index (κ1) is 12.0. The molecule has 0 aliphatic heterocycles. The fraction of sp³-hybridized carbons (Fsp3) is 0.429. The van der Waals surface area contributed by atoms with Gasteiger partial charge in [-0.1, -0.05) is 19.4 Å². The van der Waals surface area contributed by atoms with Gasteiger partial charge in [-0.2, -0.15) is 0 Å². The Morgan fingerprint density at radius 3 is 2.84 bits per heavy atom. The molecule has 0 bridgehead atoms. The van der Waals surface area contributed by atoms with Crippen molar-refractivity contribution in [2.75, 3.05) is 0 Å². The molecule has 2 aromatic rings. The molecule has 0 spiro atoms. The molecule has 5 heteroatoms. The molecule has 2 atom stereocenters. The van der Waals surface area contributed by atoms with Crippen LogP contribution in [0.4, 0.5) is 0 Å². The maximum absolute atomic E-state index is 12.2. The van der Waals surface area contributed by atoms with Crippen molar-refractivity contribution < 1.29 is 9.90 Å². The van der Waals surface area contributed by atoms with Gasteiger partial charge in [0.2, 0.25) is 0 Å². The van der Waals surface area contributed by atoms with Gasteiger partial charge in [-0.05, 0) is 30.9 Å². The number of rotatable bonds is 2. The third-order valence-electron chi connectivity index (χ3n) is 4.12. The van der Waals surface area contributed by atoms with E-state index in [0.717, 1.165) is 19.3 Å². The van der Waals surface area contributed by atoms with Crippen LogP contribution in [0.2, 0.25) is 0 Å². The van der Waals surface area contributed by atoms with Gasteiger partial charge < -0.3 is 10.1 Å². The number of benzene rings is 1. The summed E-state index contributed by atoms with van der Waals surface area (Å²) in [6, 6.07) is 5.05. The van der Waals surface area contributed by atoms with Crippen molar-refractivity contribution in [1.29, 1.82) is 0 Å². The molecule has 100 valence electrons. The first-order valence-electron chi connectivity index (χ1n) is 6.56. The van der Waals surface area contributed by atoms with E-state index in [4.69, 9.17) is 0 Å². The monoisotopic (exact) mass is 260 g/mol. The second-order valence-corrected chi connectivity index (χ2v) is 5.28. The Bertz CT molecular complexity index is 698. The van der Waals surface area contributed by atoms with Gasteiger partial charge in [-0.15, -0.1) is 0 Å². The number of aromatic nitrogens is 2. The van der Waals surface area contributed by atoms with Gasteiger partial charge in [-0.3, -0.25) is 4.57 Å². The fourth-order valence-electron chi connectivity index (χ4n) is 3.18. The molecule has 2 N–H and O–H groups in total. The SMILES string of the molecule is CC1CCCC1n1c(=O)[nH]c2cccc(C(=O)O)c21. The maximum Gasteiger partial charge on any atom is 0.337 e. The van der Waals surface area contributed by atoms with Crippen LogP contribution in [0.25, 0.3) is 11.0 Å². The first-order chi connectivity index (χ1) is 9.09. The molecule has 0 radical (unpaired) electrons. The molecule has 0 saturated heterocycles. The number of carbonyl (C=O) groups is 1. The van der Waals surface area contributed by atoms with Crippen LogP contribution >= 0.6 is 0 Å². The second-order valence-electron chi connectivity index (χ2n) is 5.28. The van der Waals surface area contributed by atoms with E-state index >= 15 is 0 Å². The van der Waals surface area contributed by atoms with Gasteiger partial charge in [0.25, 0.3) is 0 Å². The number of nitrogens with zero attached hydrogens (tertiary/aromatic N) is 1. The van der Waals surface area contributed by atoms with Gasteiger partial charge in [0.05, 0.1) is 16.6 Å². The van der Waals surface area contributed by atoms with E-state index in [0.29, 0.717) is 17.0 Å². The zero-order chi connectivity index (χ0) is 13.6. The molecule has 5 nitrogen and oxygen atoms in total. The average molecular weight is 260 g/mol. The van der Waals surface area contributed by atoms with Crippen molar-refractivity contribution >= 4 is 17.0 Å². The van der Waals surface area contributed by atoms with Gasteiger partial charge >= 0.3 is 11.7 Å². The molecule has 1 heterocycles. The van der Waals surface area contributed by atoms with E-state index in [-0.39, 0.29) is 17.3 Å². The van der Waals surface area contributed by atoms with Crippen molar-refractivity contribution in [2.45, 2.75) is 32.2 Å². The summed E-state index contributed by atoms with van der Waals surface area (Å²) in [6.45, 7) is 2.12. The van der Waals surface area contributed by atoms with Crippen molar-refractivity contribution in [1.82, 2.24) is 9.55 Å². The molecule has 2 unspecified atom stereocenters. The highest BCUT2D eigenvalue weighted by Crippen LogP contribution is 2.36. The smallest absolute Gasteiger partial charge is 0.337 e. The normalized spacial score (nSPS) is 23.0. The molecule has 0 amide bonds. The summed E-state index contributed by atoms with van der Waals surface area (Å²) in [5, 5.41) is 9.30. The van der Waals surface area contributed by atoms with Gasteiger partial charge in [0.15, 0.2) is 0 Å². The van der Waals surface area contributed by atoms with Crippen LogP contribution in [0.3, 0.4) is 0 Å². The Morgan fingerprint density at radius 2 is 2.21 bits per heavy atom. The quantitative estimate of drug-likeness (QED) is 0.870. The third kappa shape index (κ3) is 1.77. The molecule has 1 saturated carbocycles. The highest BCUT2D eigenvalue weighted by Gasteiger charge is 2.29. The zero-order valence-electron chi connectivity index (χ0n) is 10.7. The number of imidazole rings is 1. The number of aromatic carboxylic acids is 1. The number of para-hydroxylation sites is 1. The Kier molecular flexibility index (Phi) is 2.69. The van der Waals surface area contributed by atoms with Gasteiger partial charge in [0, 0.05) is 6.04 Å². The van der Waals surface area contributed by atoms with Crippen LogP contribution < -0.4 is 5.69 Å². The number of H-pyrrole nitrogens is 1. The molecule has 19 heavy (non-hydrogen) atoms. The lowest BCUT2D eigenvalue weighted by Gasteiger charge is -2.17. The number of carboxylic acids is 1. The third-order valence-corrected chi connectivity index (χ3v) is 4.12. The van der Waals surface area contributed by atoms with E-state index < -0.39 is 5.97 Å². The summed E-state index contributed by atoms with van der Waals surface area (Å²) in [7, 11) is 0. The van der Waals surface area contributed by atoms with Crippen LogP contribution in [0.15, 0.2) is 23.0 Å². The molecular weight excluding hydrogens is 244 g/mol. The predicted octanol–water partition coefficient (Wildman–Crippen LogP) is 2.39. The number of aromatic amines is 1. The Labute approximate surface area is 109 Å². The highest BCUT2D eigenvalue weighted by atomic mass is 16.4. The van der Waals surface area contributed by atoms with Crippen molar-refractivity contribution in [3.05, 3.63) is 34.2 Å². The minimum atomic E-state index is -0.996. The summed E-state index contributed by atoms with van der Waals surface area (Å²) >= 11 is 0. The average Bonchev–Trinajstić information content (AvgIpc) is 2.90. The largest absolute Gasteiger partial charge is 0.478 e. The van der Waals surface area contributed by atoms with E-state index in [9.17, 15) is 14.7 Å². The maximum atomic E-state index is 12.2. The molecule has 3 rings (SSSR count). The zero-order valence-corrected chi connectivity index (χ0v) is 10.7. The number of hydrogen-bond donors (Lipinski definition) is 2. The lowest BCUT2D eigenvalue weighted by Crippen LogP contribution is -2.24. The fourth-order valence-corrected chi connectivity index (χ4v) is 3.18. The minimum absolute atomic E-state index is 0.0988. The van der Waals surface area contributed by atoms with Crippen LogP contribution in [0.1, 0.15) is 42.6 Å². The van der Waals surface area contributed by atoms with Crippen LogP contribution in [0.5, 0.6) is 0 Å². The second kappa shape index (κ2) is 4.26. The Balaban J connectivity index is 2.31. The van der Waals surface area contributed by atoms with E-state index in [2.05, 4.69) is 11.9 Å². The van der Waals surface area contributed by atoms with Gasteiger partial charge in [0.1, 0.15) is 0 Å². The molecule has 1 aliphatic carbocycles. The molecule has 1 aromatic heterocycles. The topological polar surface area (TPSA) is 75.1 Å². The highest BCUT2D eigenvalue weighted by molar-refractivity contribution is 6.01. The van der Waals surface area contributed by atoms with E-state index in [1.54, 1.807) is 22.8 Å². The molecule has 1 fully saturated rings. The standard InChI is InChI=1S/C14H16N2O3/c1-8-4-2-7-11(8)16-12-9(13(17)18)5-3-6-10(12)15-14(16)19/h3,5-6,8,11H,2,4,7H2,1H3,(H,15,19)(H,17,18). The summed E-state index contributed by atoms with van der Waals surface area (Å²) < 4.78 is 1.65. The minimum Gasteiger partial charge on any atom is -0.478 e. The summed E-state index contributed by atoms with van der Waals surface area (Å²) in [5.41, 5.74) is 1.11. The number of nitrogens with one attached hydrogen (secondary N) is 1. The van der Waals surface area contributed by atoms with Crippen molar-refractivity contribution in [3.8, 4) is 0 Å². The summed E-state index contributed by atoms with van der Waals surface area (Å²) in [4.78, 5) is 26.3. The molecule has 1 aliphatic rings. The lowest BCUT2D eigenvalue weighted by molar-refractivity contribution is 0.0698. The van der Waals surface area contributed by atoms with Crippen LogP contribution in [0, 0.1) is 5.92 Å². The van der Waals surface area contributed by atoms with Crippen LogP contribution in [-0.2, 0) is 0 Å². The van der Waals surface area contributed by atoms with E-state index in [1.165, 1.54) is 0 Å². The summed E-state index contributed by atoms with van der Waals surface area (Å²) in [5.74, 6) is -0.595.